The van der Waals surface area contributed by atoms with Crippen molar-refractivity contribution in [2.45, 2.75) is 17.6 Å². The van der Waals surface area contributed by atoms with Crippen LogP contribution >= 0.6 is 0 Å². The Morgan fingerprint density at radius 1 is 1.69 bits per heavy atom. The van der Waals surface area contributed by atoms with Gasteiger partial charge in [0.25, 0.3) is 10.0 Å². The van der Waals surface area contributed by atoms with Crippen LogP contribution < -0.4 is 4.72 Å². The summed E-state index contributed by atoms with van der Waals surface area (Å²) >= 11 is 0. The van der Waals surface area contributed by atoms with Crippen LogP contribution in [-0.4, -0.2) is 46.9 Å². The van der Waals surface area contributed by atoms with Crippen molar-refractivity contribution in [2.75, 3.05) is 6.54 Å². The summed E-state index contributed by atoms with van der Waals surface area (Å²) in [6.07, 6.45) is 1.24. The van der Waals surface area contributed by atoms with Gasteiger partial charge in [0.2, 0.25) is 0 Å². The topological polar surface area (TPSA) is 132 Å². The van der Waals surface area contributed by atoms with E-state index >= 15 is 0 Å². The molecule has 9 heteroatoms. The van der Waals surface area contributed by atoms with Crippen LogP contribution in [-0.2, 0) is 14.8 Å². The molecule has 0 amide bonds. The summed E-state index contributed by atoms with van der Waals surface area (Å²) in [5.74, 6) is -1.51. The second-order valence-corrected chi connectivity index (χ2v) is 5.06. The molecule has 0 aliphatic carbocycles. The SMILES string of the molecule is CC(O)(CNS(=O)(=O)c1ccn[nH]1)C(=O)O. The summed E-state index contributed by atoms with van der Waals surface area (Å²) in [5.41, 5.74) is -2.16. The molecule has 16 heavy (non-hydrogen) atoms. The fraction of sp³-hybridized carbons (Fsp3) is 0.429. The number of sulfonamides is 1. The molecular weight excluding hydrogens is 238 g/mol. The Balaban J connectivity index is 2.74. The molecule has 4 N–H and O–H groups in total. The fourth-order valence-electron chi connectivity index (χ4n) is 0.782. The molecule has 0 saturated heterocycles. The predicted octanol–water partition coefficient (Wildman–Crippen LogP) is -1.48. The van der Waals surface area contributed by atoms with Gasteiger partial charge in [-0.05, 0) is 13.0 Å². The van der Waals surface area contributed by atoms with Crippen molar-refractivity contribution in [2.24, 2.45) is 0 Å². The molecule has 0 bridgehead atoms. The van der Waals surface area contributed by atoms with Crippen molar-refractivity contribution in [3.8, 4) is 0 Å². The van der Waals surface area contributed by atoms with Crippen molar-refractivity contribution in [1.29, 1.82) is 0 Å². The molecule has 0 spiro atoms. The molecule has 0 saturated carbocycles. The minimum atomic E-state index is -3.88. The van der Waals surface area contributed by atoms with Crippen LogP contribution in [0.2, 0.25) is 0 Å². The first-order valence-electron chi connectivity index (χ1n) is 4.20. The van der Waals surface area contributed by atoms with Gasteiger partial charge in [-0.25, -0.2) is 17.9 Å². The molecular formula is C7H11N3O5S. The number of aliphatic hydroxyl groups is 1. The lowest BCUT2D eigenvalue weighted by Crippen LogP contribution is -2.46. The Hall–Kier alpha value is -1.45. The number of nitrogens with one attached hydrogen (secondary N) is 2. The van der Waals surface area contributed by atoms with Crippen LogP contribution in [0.3, 0.4) is 0 Å². The standard InChI is InChI=1S/C7H11N3O5S/c1-7(13,6(11)12)4-9-16(14,15)5-2-3-8-10-5/h2-3,9,13H,4H2,1H3,(H,8,10)(H,11,12). The van der Waals surface area contributed by atoms with Crippen LogP contribution in [0, 0.1) is 0 Å². The summed E-state index contributed by atoms with van der Waals surface area (Å²) in [7, 11) is -3.88. The van der Waals surface area contributed by atoms with Crippen molar-refractivity contribution in [1.82, 2.24) is 14.9 Å². The molecule has 0 aliphatic rings. The molecule has 0 aromatic carbocycles. The summed E-state index contributed by atoms with van der Waals surface area (Å²) in [4.78, 5) is 10.5. The van der Waals surface area contributed by atoms with Gasteiger partial charge in [0.1, 0.15) is 0 Å². The number of carboxylic acid groups (broad SMARTS) is 1. The van der Waals surface area contributed by atoms with Gasteiger partial charge in [0, 0.05) is 0 Å². The Bertz CT molecular complexity index is 464. The Morgan fingerprint density at radius 2 is 2.31 bits per heavy atom. The first-order valence-corrected chi connectivity index (χ1v) is 5.69. The lowest BCUT2D eigenvalue weighted by atomic mass is 10.1. The maximum Gasteiger partial charge on any atom is 0.336 e. The number of hydrogen-bond acceptors (Lipinski definition) is 5. The van der Waals surface area contributed by atoms with Gasteiger partial charge in [-0.2, -0.15) is 5.10 Å². The van der Waals surface area contributed by atoms with E-state index in [0.29, 0.717) is 0 Å². The largest absolute Gasteiger partial charge is 0.479 e. The van der Waals surface area contributed by atoms with Crippen LogP contribution in [0.5, 0.6) is 0 Å². The highest BCUT2D eigenvalue weighted by atomic mass is 32.2. The molecule has 90 valence electrons. The molecule has 0 radical (unpaired) electrons. The normalized spacial score (nSPS) is 15.6. The molecule has 1 aromatic heterocycles. The van der Waals surface area contributed by atoms with E-state index in [1.54, 1.807) is 0 Å². The summed E-state index contributed by atoms with van der Waals surface area (Å²) < 4.78 is 24.9. The van der Waals surface area contributed by atoms with Gasteiger partial charge in [0.15, 0.2) is 10.6 Å². The van der Waals surface area contributed by atoms with Gasteiger partial charge < -0.3 is 10.2 Å². The first-order chi connectivity index (χ1) is 7.26. The van der Waals surface area contributed by atoms with E-state index in [0.717, 1.165) is 6.92 Å². The number of nitrogens with zero attached hydrogens (tertiary/aromatic N) is 1. The van der Waals surface area contributed by atoms with Crippen molar-refractivity contribution < 1.29 is 23.4 Å². The Labute approximate surface area is 91.3 Å². The van der Waals surface area contributed by atoms with Crippen LogP contribution in [0.25, 0.3) is 0 Å². The highest BCUT2D eigenvalue weighted by molar-refractivity contribution is 7.89. The zero-order chi connectivity index (χ0) is 12.4. The quantitative estimate of drug-likeness (QED) is 0.503. The third-order valence-corrected chi connectivity index (χ3v) is 3.16. The highest BCUT2D eigenvalue weighted by Crippen LogP contribution is 2.06. The lowest BCUT2D eigenvalue weighted by Gasteiger charge is -2.17. The van der Waals surface area contributed by atoms with E-state index in [2.05, 4.69) is 10.2 Å². The zero-order valence-electron chi connectivity index (χ0n) is 8.34. The Kier molecular flexibility index (Phi) is 3.31. The minimum absolute atomic E-state index is 0.200. The number of hydrogen-bond donors (Lipinski definition) is 4. The second-order valence-electron chi connectivity index (χ2n) is 3.32. The summed E-state index contributed by atoms with van der Waals surface area (Å²) in [6, 6.07) is 1.21. The average molecular weight is 249 g/mol. The second kappa shape index (κ2) is 4.20. The van der Waals surface area contributed by atoms with E-state index < -0.39 is 28.1 Å². The van der Waals surface area contributed by atoms with Crippen LogP contribution in [0.15, 0.2) is 17.3 Å². The Morgan fingerprint density at radius 3 is 2.75 bits per heavy atom. The average Bonchev–Trinajstić information content (AvgIpc) is 2.68. The maximum atomic E-state index is 11.5. The first kappa shape index (κ1) is 12.6. The van der Waals surface area contributed by atoms with Gasteiger partial charge in [0.05, 0.1) is 12.7 Å². The van der Waals surface area contributed by atoms with Crippen molar-refractivity contribution >= 4 is 16.0 Å². The number of aromatic amines is 1. The van der Waals surface area contributed by atoms with E-state index in [4.69, 9.17) is 5.11 Å². The number of H-pyrrole nitrogens is 1. The summed E-state index contributed by atoms with van der Waals surface area (Å²) in [6.45, 7) is 0.356. The third-order valence-electron chi connectivity index (χ3n) is 1.83. The van der Waals surface area contributed by atoms with Crippen molar-refractivity contribution in [3.05, 3.63) is 12.3 Å². The number of aromatic nitrogens is 2. The number of carboxylic acids is 1. The van der Waals surface area contributed by atoms with Crippen molar-refractivity contribution in [3.63, 3.8) is 0 Å². The molecule has 1 aromatic rings. The lowest BCUT2D eigenvalue weighted by molar-refractivity contribution is -0.155. The molecule has 0 aliphatic heterocycles. The van der Waals surface area contributed by atoms with Gasteiger partial charge in [-0.1, -0.05) is 0 Å². The third kappa shape index (κ3) is 2.78. The minimum Gasteiger partial charge on any atom is -0.479 e. The number of aliphatic carboxylic acids is 1. The molecule has 8 nitrogen and oxygen atoms in total. The smallest absolute Gasteiger partial charge is 0.336 e. The van der Waals surface area contributed by atoms with Gasteiger partial charge in [-0.15, -0.1) is 0 Å². The molecule has 0 fully saturated rings. The van der Waals surface area contributed by atoms with Gasteiger partial charge >= 0.3 is 5.97 Å². The van der Waals surface area contributed by atoms with E-state index in [1.807, 2.05) is 4.72 Å². The van der Waals surface area contributed by atoms with Gasteiger partial charge in [-0.3, -0.25) is 5.10 Å². The number of carbonyl (C=O) groups is 1. The monoisotopic (exact) mass is 249 g/mol. The van der Waals surface area contributed by atoms with Crippen LogP contribution in [0.4, 0.5) is 0 Å². The molecule has 1 atom stereocenters. The molecule has 1 unspecified atom stereocenters. The maximum absolute atomic E-state index is 11.5. The fourth-order valence-corrected chi connectivity index (χ4v) is 1.82. The van der Waals surface area contributed by atoms with E-state index in [-0.39, 0.29) is 5.03 Å². The zero-order valence-corrected chi connectivity index (χ0v) is 9.15. The highest BCUT2D eigenvalue weighted by Gasteiger charge is 2.32. The summed E-state index contributed by atoms with van der Waals surface area (Å²) in [5, 5.41) is 23.3. The van der Waals surface area contributed by atoms with E-state index in [9.17, 15) is 18.3 Å². The molecule has 1 heterocycles. The predicted molar refractivity (Wildman–Crippen MR) is 52.0 cm³/mol. The number of rotatable bonds is 5. The van der Waals surface area contributed by atoms with E-state index in [1.165, 1.54) is 12.3 Å². The van der Waals surface area contributed by atoms with Crippen LogP contribution in [0.1, 0.15) is 6.92 Å². The molecule has 1 rings (SSSR count).